The molecule has 0 spiro atoms. The van der Waals surface area contributed by atoms with Crippen LogP contribution in [0.4, 0.5) is 0 Å². The summed E-state index contributed by atoms with van der Waals surface area (Å²) in [5, 5.41) is 13.1. The molecule has 94 valence electrons. The van der Waals surface area contributed by atoms with Gasteiger partial charge < -0.3 is 10.4 Å². The summed E-state index contributed by atoms with van der Waals surface area (Å²) < 4.78 is 0. The molecule has 0 fully saturated rings. The van der Waals surface area contributed by atoms with Crippen molar-refractivity contribution in [3.05, 3.63) is 29.3 Å². The summed E-state index contributed by atoms with van der Waals surface area (Å²) in [7, 11) is 0. The van der Waals surface area contributed by atoms with E-state index < -0.39 is 0 Å². The van der Waals surface area contributed by atoms with Crippen LogP contribution >= 0.6 is 0 Å². The van der Waals surface area contributed by atoms with Gasteiger partial charge in [-0.05, 0) is 48.6 Å². The molecular weight excluding hydrogens is 210 g/mol. The molecule has 1 aromatic carbocycles. The molecule has 0 radical (unpaired) electrons. The van der Waals surface area contributed by atoms with E-state index >= 15 is 0 Å². The summed E-state index contributed by atoms with van der Waals surface area (Å²) in [5.41, 5.74) is 2.70. The van der Waals surface area contributed by atoms with E-state index in [0.717, 1.165) is 18.9 Å². The van der Waals surface area contributed by atoms with Gasteiger partial charge in [0, 0.05) is 6.04 Å². The summed E-state index contributed by atoms with van der Waals surface area (Å²) in [6, 6.07) is 6.28. The fourth-order valence-electron chi connectivity index (χ4n) is 2.70. The first kappa shape index (κ1) is 12.4. The van der Waals surface area contributed by atoms with Crippen LogP contribution < -0.4 is 5.32 Å². The van der Waals surface area contributed by atoms with E-state index in [1.807, 2.05) is 6.07 Å². The SMILES string of the molecule is CCC(CC)CNC1CCc2cc(O)ccc21. The number of benzene rings is 1. The molecular formula is C15H23NO. The monoisotopic (exact) mass is 233 g/mol. The minimum Gasteiger partial charge on any atom is -0.508 e. The summed E-state index contributed by atoms with van der Waals surface area (Å²) in [5.74, 6) is 1.18. The molecule has 0 saturated heterocycles. The van der Waals surface area contributed by atoms with Crippen LogP contribution in [0.5, 0.6) is 5.75 Å². The van der Waals surface area contributed by atoms with Crippen LogP contribution in [-0.2, 0) is 6.42 Å². The third kappa shape index (κ3) is 2.81. The predicted molar refractivity (Wildman–Crippen MR) is 71.2 cm³/mol. The van der Waals surface area contributed by atoms with Crippen molar-refractivity contribution < 1.29 is 5.11 Å². The van der Waals surface area contributed by atoms with Gasteiger partial charge in [0.05, 0.1) is 0 Å². The van der Waals surface area contributed by atoms with Gasteiger partial charge in [-0.1, -0.05) is 32.8 Å². The molecule has 0 aromatic heterocycles. The lowest BCUT2D eigenvalue weighted by atomic mass is 10.0. The Kier molecular flexibility index (Phi) is 4.06. The van der Waals surface area contributed by atoms with E-state index in [1.54, 1.807) is 6.07 Å². The van der Waals surface area contributed by atoms with Crippen molar-refractivity contribution >= 4 is 0 Å². The van der Waals surface area contributed by atoms with Gasteiger partial charge in [-0.25, -0.2) is 0 Å². The molecule has 0 saturated carbocycles. The number of phenols is 1. The fraction of sp³-hybridized carbons (Fsp3) is 0.600. The quantitative estimate of drug-likeness (QED) is 0.817. The van der Waals surface area contributed by atoms with E-state index in [2.05, 4.69) is 25.2 Å². The highest BCUT2D eigenvalue weighted by Crippen LogP contribution is 2.33. The normalized spacial score (nSPS) is 18.6. The number of hydrogen-bond acceptors (Lipinski definition) is 2. The summed E-state index contributed by atoms with van der Waals surface area (Å²) in [6.07, 6.45) is 4.75. The van der Waals surface area contributed by atoms with Gasteiger partial charge in [0.15, 0.2) is 0 Å². The van der Waals surface area contributed by atoms with Crippen molar-refractivity contribution in [3.8, 4) is 5.75 Å². The number of nitrogens with one attached hydrogen (secondary N) is 1. The molecule has 1 atom stereocenters. The Morgan fingerprint density at radius 3 is 2.82 bits per heavy atom. The van der Waals surface area contributed by atoms with E-state index in [9.17, 15) is 5.11 Å². The lowest BCUT2D eigenvalue weighted by Gasteiger charge is -2.18. The maximum absolute atomic E-state index is 9.46. The van der Waals surface area contributed by atoms with Gasteiger partial charge in [-0.3, -0.25) is 0 Å². The van der Waals surface area contributed by atoms with Crippen molar-refractivity contribution in [1.29, 1.82) is 0 Å². The van der Waals surface area contributed by atoms with E-state index in [-0.39, 0.29) is 0 Å². The molecule has 0 heterocycles. The molecule has 0 aliphatic heterocycles. The molecule has 0 bridgehead atoms. The zero-order valence-electron chi connectivity index (χ0n) is 10.9. The van der Waals surface area contributed by atoms with Crippen LogP contribution in [0, 0.1) is 5.92 Å². The Balaban J connectivity index is 1.97. The van der Waals surface area contributed by atoms with Gasteiger partial charge in [0.1, 0.15) is 5.75 Å². The average Bonchev–Trinajstić information content (AvgIpc) is 2.73. The minimum absolute atomic E-state index is 0.393. The van der Waals surface area contributed by atoms with Crippen molar-refractivity contribution in [3.63, 3.8) is 0 Å². The molecule has 1 unspecified atom stereocenters. The Labute approximate surface area is 104 Å². The molecule has 1 aliphatic carbocycles. The Hall–Kier alpha value is -1.02. The lowest BCUT2D eigenvalue weighted by molar-refractivity contribution is 0.410. The Morgan fingerprint density at radius 1 is 1.35 bits per heavy atom. The average molecular weight is 233 g/mol. The largest absolute Gasteiger partial charge is 0.508 e. The third-order valence-corrected chi connectivity index (χ3v) is 4.01. The number of rotatable bonds is 5. The van der Waals surface area contributed by atoms with Crippen molar-refractivity contribution in [2.45, 2.75) is 45.6 Å². The number of aromatic hydroxyl groups is 1. The summed E-state index contributed by atoms with van der Waals surface area (Å²) in [4.78, 5) is 0. The molecule has 1 aromatic rings. The molecule has 2 heteroatoms. The van der Waals surface area contributed by atoms with Gasteiger partial charge in [0.25, 0.3) is 0 Å². The smallest absolute Gasteiger partial charge is 0.115 e. The Bertz CT molecular complexity index is 371. The first-order chi connectivity index (χ1) is 8.24. The van der Waals surface area contributed by atoms with Crippen LogP contribution in [0.3, 0.4) is 0 Å². The standard InChI is InChI=1S/C15H23NO/c1-3-11(4-2)10-16-15-8-5-12-9-13(17)6-7-14(12)15/h6-7,9,11,15-17H,3-5,8,10H2,1-2H3. The maximum Gasteiger partial charge on any atom is 0.115 e. The second kappa shape index (κ2) is 5.54. The highest BCUT2D eigenvalue weighted by atomic mass is 16.3. The van der Waals surface area contributed by atoms with Gasteiger partial charge in [0.2, 0.25) is 0 Å². The lowest BCUT2D eigenvalue weighted by Crippen LogP contribution is -2.25. The maximum atomic E-state index is 9.46. The second-order valence-electron chi connectivity index (χ2n) is 5.07. The summed E-state index contributed by atoms with van der Waals surface area (Å²) in [6.45, 7) is 5.63. The van der Waals surface area contributed by atoms with Gasteiger partial charge in [-0.2, -0.15) is 0 Å². The number of fused-ring (bicyclic) bond motifs is 1. The first-order valence-electron chi connectivity index (χ1n) is 6.79. The highest BCUT2D eigenvalue weighted by Gasteiger charge is 2.22. The van der Waals surface area contributed by atoms with Crippen molar-refractivity contribution in [1.82, 2.24) is 5.32 Å². The fourth-order valence-corrected chi connectivity index (χ4v) is 2.70. The van der Waals surface area contributed by atoms with E-state index in [0.29, 0.717) is 11.8 Å². The predicted octanol–water partition coefficient (Wildman–Crippen LogP) is 3.41. The second-order valence-corrected chi connectivity index (χ2v) is 5.07. The zero-order chi connectivity index (χ0) is 12.3. The molecule has 2 nitrogen and oxygen atoms in total. The number of aryl methyl sites for hydroxylation is 1. The summed E-state index contributed by atoms with van der Waals surface area (Å²) >= 11 is 0. The third-order valence-electron chi connectivity index (χ3n) is 4.01. The van der Waals surface area contributed by atoms with Crippen LogP contribution in [-0.4, -0.2) is 11.7 Å². The van der Waals surface area contributed by atoms with Crippen LogP contribution in [0.25, 0.3) is 0 Å². The zero-order valence-corrected chi connectivity index (χ0v) is 10.9. The van der Waals surface area contributed by atoms with Crippen LogP contribution in [0.2, 0.25) is 0 Å². The number of phenolic OH excluding ortho intramolecular Hbond substituents is 1. The molecule has 2 rings (SSSR count). The van der Waals surface area contributed by atoms with Gasteiger partial charge in [-0.15, -0.1) is 0 Å². The van der Waals surface area contributed by atoms with Crippen LogP contribution in [0.15, 0.2) is 18.2 Å². The van der Waals surface area contributed by atoms with E-state index in [1.165, 1.54) is 30.4 Å². The van der Waals surface area contributed by atoms with Crippen molar-refractivity contribution in [2.24, 2.45) is 5.92 Å². The van der Waals surface area contributed by atoms with Crippen molar-refractivity contribution in [2.75, 3.05) is 6.54 Å². The van der Waals surface area contributed by atoms with E-state index in [4.69, 9.17) is 0 Å². The molecule has 0 amide bonds. The molecule has 2 N–H and O–H groups in total. The molecule has 1 aliphatic rings. The van der Waals surface area contributed by atoms with Gasteiger partial charge >= 0.3 is 0 Å². The van der Waals surface area contributed by atoms with Crippen LogP contribution in [0.1, 0.15) is 50.3 Å². The Morgan fingerprint density at radius 2 is 2.12 bits per heavy atom. The highest BCUT2D eigenvalue weighted by molar-refractivity contribution is 5.39. The molecule has 17 heavy (non-hydrogen) atoms. The number of hydrogen-bond donors (Lipinski definition) is 2. The first-order valence-corrected chi connectivity index (χ1v) is 6.79. The topological polar surface area (TPSA) is 32.3 Å². The minimum atomic E-state index is 0.393.